The second-order valence-corrected chi connectivity index (χ2v) is 9.26. The molecule has 0 aliphatic heterocycles. The lowest BCUT2D eigenvalue weighted by Crippen LogP contribution is -2.29. The number of hydrogen-bond acceptors (Lipinski definition) is 4. The molecule has 0 saturated heterocycles. The molecular formula is C30H64INO3. The number of ether oxygens (including phenoxy) is 1. The van der Waals surface area contributed by atoms with Gasteiger partial charge in [-0.1, -0.05) is 146 Å². The first kappa shape index (κ1) is 39.6. The van der Waals surface area contributed by atoms with E-state index in [0.29, 0.717) is 6.42 Å². The van der Waals surface area contributed by atoms with E-state index >= 15 is 0 Å². The van der Waals surface area contributed by atoms with Gasteiger partial charge < -0.3 is 14.7 Å². The third kappa shape index (κ3) is 36.3. The number of hydrogen-bond donors (Lipinski definition) is 1. The number of aliphatic hydroxyl groups is 1. The van der Waals surface area contributed by atoms with Crippen molar-refractivity contribution in [1.29, 1.82) is 0 Å². The Balaban J connectivity index is -0.00000242. The van der Waals surface area contributed by atoms with Crippen LogP contribution in [0.4, 0.5) is 0 Å². The maximum Gasteiger partial charge on any atom is 0.305 e. The van der Waals surface area contributed by atoms with E-state index in [1.54, 1.807) is 0 Å². The summed E-state index contributed by atoms with van der Waals surface area (Å²) in [5.41, 5.74) is 0. The van der Waals surface area contributed by atoms with Crippen LogP contribution in [0.5, 0.6) is 0 Å². The van der Waals surface area contributed by atoms with E-state index in [1.165, 1.54) is 116 Å². The van der Waals surface area contributed by atoms with Crippen LogP contribution in [0.2, 0.25) is 0 Å². The van der Waals surface area contributed by atoms with Crippen LogP contribution in [-0.4, -0.2) is 54.3 Å². The average molecular weight is 614 g/mol. The minimum Gasteiger partial charge on any atom is -0.469 e. The first-order valence-electron chi connectivity index (χ1n) is 15.0. The topological polar surface area (TPSA) is 49.8 Å². The quantitative estimate of drug-likeness (QED) is 0.0483. The minimum atomic E-state index is -0.0802. The Hall–Kier alpha value is 0.120. The third-order valence-electron chi connectivity index (χ3n) is 6.33. The summed E-state index contributed by atoms with van der Waals surface area (Å²) < 4.78 is 4.66. The summed E-state index contributed by atoms with van der Waals surface area (Å²) in [5.74, 6) is -0.0802. The maximum atomic E-state index is 11.0. The summed E-state index contributed by atoms with van der Waals surface area (Å²) in [4.78, 5) is 15.5. The van der Waals surface area contributed by atoms with Gasteiger partial charge >= 0.3 is 5.97 Å². The summed E-state index contributed by atoms with van der Waals surface area (Å²) in [6, 6.07) is 0. The molecule has 35 heavy (non-hydrogen) atoms. The maximum absolute atomic E-state index is 11.0. The van der Waals surface area contributed by atoms with Crippen LogP contribution in [0.25, 0.3) is 0 Å². The van der Waals surface area contributed by atoms with Gasteiger partial charge in [0.2, 0.25) is 0 Å². The Morgan fingerprint density at radius 3 is 1.31 bits per heavy atom. The molecule has 0 bridgehead atoms. The van der Waals surface area contributed by atoms with Crippen molar-refractivity contribution < 1.29 is 14.6 Å². The van der Waals surface area contributed by atoms with Crippen LogP contribution < -0.4 is 0 Å². The number of carbonyl (C=O) groups is 1. The first-order valence-corrected chi connectivity index (χ1v) is 17.2. The molecule has 5 heteroatoms. The predicted molar refractivity (Wildman–Crippen MR) is 165 cm³/mol. The van der Waals surface area contributed by atoms with Gasteiger partial charge in [0.1, 0.15) is 0 Å². The van der Waals surface area contributed by atoms with Gasteiger partial charge in [0.15, 0.2) is 0 Å². The number of nitrogens with zero attached hydrogens (tertiary/aromatic N) is 1. The van der Waals surface area contributed by atoms with Crippen molar-refractivity contribution in [2.24, 2.45) is 0 Å². The van der Waals surface area contributed by atoms with E-state index in [4.69, 9.17) is 0 Å². The number of rotatable bonds is 25. The molecule has 1 N–H and O–H groups in total. The Morgan fingerprint density at radius 1 is 0.629 bits per heavy atom. The van der Waals surface area contributed by atoms with Crippen LogP contribution in [0.1, 0.15) is 149 Å². The molecule has 0 aromatic carbocycles. The number of esters is 1. The Bertz CT molecular complexity index is 370. The highest BCUT2D eigenvalue weighted by atomic mass is 127. The zero-order valence-corrected chi connectivity index (χ0v) is 26.7. The smallest absolute Gasteiger partial charge is 0.305 e. The molecule has 0 heterocycles. The number of methoxy groups -OCH3 is 1. The molecule has 0 aliphatic carbocycles. The second kappa shape index (κ2) is 38.6. The highest BCUT2D eigenvalue weighted by Gasteiger charge is 2.04. The van der Waals surface area contributed by atoms with E-state index in [-0.39, 0.29) is 12.6 Å². The van der Waals surface area contributed by atoms with Gasteiger partial charge in [-0.15, -0.1) is 0 Å². The molecule has 214 valence electrons. The van der Waals surface area contributed by atoms with Gasteiger partial charge in [-0.25, -0.2) is 0 Å². The van der Waals surface area contributed by atoms with Gasteiger partial charge in [-0.05, 0) is 37.3 Å². The fourth-order valence-corrected chi connectivity index (χ4v) is 4.24. The van der Waals surface area contributed by atoms with Crippen molar-refractivity contribution >= 4 is 28.6 Å². The molecule has 0 atom stereocenters. The molecule has 0 fully saturated rings. The zero-order valence-electron chi connectivity index (χ0n) is 24.6. The van der Waals surface area contributed by atoms with E-state index < -0.39 is 0 Å². The normalized spacial score (nSPS) is 10.4. The van der Waals surface area contributed by atoms with Crippen molar-refractivity contribution in [3.05, 3.63) is 0 Å². The number of halogens is 1. The van der Waals surface area contributed by atoms with E-state index in [1.807, 2.05) is 18.8 Å². The summed E-state index contributed by atoms with van der Waals surface area (Å²) in [7, 11) is 1.46. The molecular weight excluding hydrogens is 549 g/mol. The lowest BCUT2D eigenvalue weighted by Gasteiger charge is -2.21. The number of aliphatic hydroxyl groups excluding tert-OH is 1. The zero-order chi connectivity index (χ0) is 26.8. The van der Waals surface area contributed by atoms with Gasteiger partial charge in [-0.2, -0.15) is 0 Å². The van der Waals surface area contributed by atoms with E-state index in [9.17, 15) is 9.90 Å². The molecule has 0 spiro atoms. The number of unbranched alkanes of at least 4 members (excludes halogenated alkanes) is 17. The van der Waals surface area contributed by atoms with Gasteiger partial charge in [-0.3, -0.25) is 4.79 Å². The van der Waals surface area contributed by atoms with Crippen molar-refractivity contribution in [2.75, 3.05) is 38.3 Å². The fraction of sp³-hybridized carbons (Fsp3) is 0.967. The Kier molecular flexibility index (Phi) is 43.8. The SMILES string of the molecule is CC.CCCCCCCCCCCCN(CCO)CCCCCCCCCCCC(=O)OC.CI. The van der Waals surface area contributed by atoms with Crippen molar-refractivity contribution in [3.8, 4) is 0 Å². The van der Waals surface area contributed by atoms with Gasteiger partial charge in [0.05, 0.1) is 13.7 Å². The largest absolute Gasteiger partial charge is 0.469 e. The molecule has 0 rings (SSSR count). The molecule has 0 unspecified atom stereocenters. The average Bonchev–Trinajstić information content (AvgIpc) is 2.90. The monoisotopic (exact) mass is 613 g/mol. The lowest BCUT2D eigenvalue weighted by molar-refractivity contribution is -0.140. The standard InChI is InChI=1S/C27H55NO3.C2H6.CH3I/c1-3-4-5-6-7-8-11-14-17-20-23-28(25-26-29)24-21-18-15-12-9-10-13-16-19-22-27(30)31-2;2*1-2/h29H,3-26H2,1-2H3;1-2H3;1H3. The molecule has 0 amide bonds. The van der Waals surface area contributed by atoms with Crippen molar-refractivity contribution in [2.45, 2.75) is 149 Å². The Morgan fingerprint density at radius 2 is 0.971 bits per heavy atom. The van der Waals surface area contributed by atoms with E-state index in [2.05, 4.69) is 39.2 Å². The number of alkyl halides is 1. The summed E-state index contributed by atoms with van der Waals surface area (Å²) in [5, 5.41) is 9.34. The lowest BCUT2D eigenvalue weighted by atomic mass is 10.1. The second-order valence-electron chi connectivity index (χ2n) is 9.26. The highest BCUT2D eigenvalue weighted by Crippen LogP contribution is 2.13. The van der Waals surface area contributed by atoms with Crippen molar-refractivity contribution in [1.82, 2.24) is 4.90 Å². The predicted octanol–water partition coefficient (Wildman–Crippen LogP) is 9.35. The summed E-state index contributed by atoms with van der Waals surface area (Å²) in [6.45, 7) is 9.70. The molecule has 0 aromatic rings. The van der Waals surface area contributed by atoms with Crippen LogP contribution >= 0.6 is 22.6 Å². The molecule has 4 nitrogen and oxygen atoms in total. The summed E-state index contributed by atoms with van der Waals surface area (Å²) >= 11 is 2.15. The third-order valence-corrected chi connectivity index (χ3v) is 6.33. The van der Waals surface area contributed by atoms with Crippen LogP contribution in [0.15, 0.2) is 0 Å². The first-order chi connectivity index (χ1) is 17.2. The fourth-order valence-electron chi connectivity index (χ4n) is 4.24. The summed E-state index contributed by atoms with van der Waals surface area (Å²) in [6.07, 6.45) is 25.6. The highest BCUT2D eigenvalue weighted by molar-refractivity contribution is 14.1. The van der Waals surface area contributed by atoms with Crippen LogP contribution in [0, 0.1) is 0 Å². The van der Waals surface area contributed by atoms with Crippen molar-refractivity contribution in [3.63, 3.8) is 0 Å². The molecule has 0 aromatic heterocycles. The Labute approximate surface area is 234 Å². The van der Waals surface area contributed by atoms with Crippen LogP contribution in [0.3, 0.4) is 0 Å². The van der Waals surface area contributed by atoms with Gasteiger partial charge in [0.25, 0.3) is 0 Å². The van der Waals surface area contributed by atoms with Gasteiger partial charge in [0, 0.05) is 13.0 Å². The molecule has 0 aliphatic rings. The molecule has 0 saturated carbocycles. The number of carbonyl (C=O) groups excluding carboxylic acids is 1. The molecule has 0 radical (unpaired) electrons. The van der Waals surface area contributed by atoms with Crippen LogP contribution in [-0.2, 0) is 9.53 Å². The minimum absolute atomic E-state index is 0.0802. The van der Waals surface area contributed by atoms with E-state index in [0.717, 1.165) is 32.5 Å².